The molecule has 3 aromatic rings. The number of fused-ring (bicyclic) bond motifs is 1. The van der Waals surface area contributed by atoms with E-state index in [1.54, 1.807) is 0 Å². The van der Waals surface area contributed by atoms with Crippen LogP contribution in [0.4, 0.5) is 5.82 Å². The highest BCUT2D eigenvalue weighted by molar-refractivity contribution is 5.66. The number of aldehydes is 1. The van der Waals surface area contributed by atoms with Crippen LogP contribution in [0.25, 0.3) is 0 Å². The minimum atomic E-state index is -0.154. The van der Waals surface area contributed by atoms with Gasteiger partial charge in [-0.15, -0.1) is 0 Å². The summed E-state index contributed by atoms with van der Waals surface area (Å²) in [5, 5.41) is 3.18. The zero-order valence-electron chi connectivity index (χ0n) is 18.9. The summed E-state index contributed by atoms with van der Waals surface area (Å²) < 4.78 is 5.90. The zero-order chi connectivity index (χ0) is 22.7. The predicted octanol–water partition coefficient (Wildman–Crippen LogP) is 3.70. The molecule has 7 nitrogen and oxygen atoms in total. The maximum atomic E-state index is 11.1. The molecule has 4 rings (SSSR count). The molecule has 0 saturated carbocycles. The topological polar surface area (TPSA) is 80.2 Å². The number of nitrogens with zero attached hydrogens (tertiary/aromatic N) is 4. The Morgan fingerprint density at radius 1 is 1.03 bits per heavy atom. The number of hydrogen-bond donors (Lipinski definition) is 1. The van der Waals surface area contributed by atoms with Crippen molar-refractivity contribution < 1.29 is 9.53 Å². The Bertz CT molecular complexity index is 1000. The fraction of sp³-hybridized carbons (Fsp3) is 0.385. The molecular weight excluding hydrogens is 414 g/mol. The normalized spacial score (nSPS) is 15.0. The van der Waals surface area contributed by atoms with E-state index < -0.39 is 0 Å². The molecular formula is C26H31N5O2. The van der Waals surface area contributed by atoms with Crippen molar-refractivity contribution in [2.24, 2.45) is 0 Å². The van der Waals surface area contributed by atoms with Gasteiger partial charge in [0.1, 0.15) is 12.1 Å². The third-order valence-electron chi connectivity index (χ3n) is 5.88. The standard InChI is InChI=1S/C26H31N5O2/c32-20-24-7-5-23-6-8-25(30-26(23)29-24)33-17-2-1-15-31(19-22-9-13-27-14-10-22)16-11-21-4-3-12-28-18-21/h3-4,6,8-10,12-14,18,20,24H,1-2,5,7,11,15-17,19H2,(H,29,30). The fourth-order valence-electron chi connectivity index (χ4n) is 4.00. The molecule has 1 atom stereocenters. The monoisotopic (exact) mass is 445 g/mol. The number of carbonyl (C=O) groups is 1. The molecule has 0 aromatic carbocycles. The van der Waals surface area contributed by atoms with E-state index in [-0.39, 0.29) is 6.04 Å². The number of aryl methyl sites for hydroxylation is 1. The molecule has 0 saturated heterocycles. The number of pyridine rings is 3. The lowest BCUT2D eigenvalue weighted by atomic mass is 10.0. The van der Waals surface area contributed by atoms with Gasteiger partial charge in [0.2, 0.25) is 5.88 Å². The van der Waals surface area contributed by atoms with E-state index in [4.69, 9.17) is 4.74 Å². The maximum Gasteiger partial charge on any atom is 0.215 e. The van der Waals surface area contributed by atoms with E-state index in [1.807, 2.05) is 43.0 Å². The van der Waals surface area contributed by atoms with Gasteiger partial charge < -0.3 is 14.8 Å². The van der Waals surface area contributed by atoms with Crippen molar-refractivity contribution in [2.45, 2.75) is 44.7 Å². The fourth-order valence-corrected chi connectivity index (χ4v) is 4.00. The molecule has 172 valence electrons. The van der Waals surface area contributed by atoms with Crippen LogP contribution in [-0.2, 0) is 24.2 Å². The van der Waals surface area contributed by atoms with Crippen molar-refractivity contribution >= 4 is 12.1 Å². The van der Waals surface area contributed by atoms with Crippen LogP contribution in [0.1, 0.15) is 36.0 Å². The Balaban J connectivity index is 1.24. The maximum absolute atomic E-state index is 11.1. The first-order valence-electron chi connectivity index (χ1n) is 11.6. The molecule has 1 aliphatic heterocycles. The number of anilines is 1. The molecule has 1 unspecified atom stereocenters. The average Bonchev–Trinajstić information content (AvgIpc) is 2.87. The second-order valence-electron chi connectivity index (χ2n) is 8.38. The Hall–Kier alpha value is -3.32. The Morgan fingerprint density at radius 3 is 2.76 bits per heavy atom. The molecule has 33 heavy (non-hydrogen) atoms. The molecule has 1 N–H and O–H groups in total. The summed E-state index contributed by atoms with van der Waals surface area (Å²) in [4.78, 5) is 26.4. The van der Waals surface area contributed by atoms with E-state index in [0.717, 1.165) is 69.4 Å². The second-order valence-corrected chi connectivity index (χ2v) is 8.38. The number of ether oxygens (including phenoxy) is 1. The summed E-state index contributed by atoms with van der Waals surface area (Å²) in [5.74, 6) is 1.38. The molecule has 0 fully saturated rings. The Kier molecular flexibility index (Phi) is 8.36. The van der Waals surface area contributed by atoms with Crippen LogP contribution in [0.2, 0.25) is 0 Å². The summed E-state index contributed by atoms with van der Waals surface area (Å²) in [6.07, 6.45) is 13.0. The van der Waals surface area contributed by atoms with E-state index in [2.05, 4.69) is 43.4 Å². The van der Waals surface area contributed by atoms with Gasteiger partial charge in [0.05, 0.1) is 12.6 Å². The van der Waals surface area contributed by atoms with Crippen molar-refractivity contribution in [3.63, 3.8) is 0 Å². The molecule has 7 heteroatoms. The lowest BCUT2D eigenvalue weighted by Gasteiger charge is -2.23. The number of unbranched alkanes of at least 4 members (excludes halogenated alkanes) is 1. The van der Waals surface area contributed by atoms with Gasteiger partial charge in [-0.2, -0.15) is 4.98 Å². The van der Waals surface area contributed by atoms with E-state index in [0.29, 0.717) is 12.5 Å². The van der Waals surface area contributed by atoms with E-state index >= 15 is 0 Å². The number of rotatable bonds is 12. The molecule has 0 aliphatic carbocycles. The summed E-state index contributed by atoms with van der Waals surface area (Å²) in [6, 6.07) is 12.1. The Labute approximate surface area is 195 Å². The first-order valence-corrected chi connectivity index (χ1v) is 11.6. The zero-order valence-corrected chi connectivity index (χ0v) is 18.9. The SMILES string of the molecule is O=CC1CCc2ccc(OCCCCN(CCc3cccnc3)Cc3ccncc3)nc2N1. The first kappa shape index (κ1) is 22.9. The predicted molar refractivity (Wildman–Crippen MR) is 128 cm³/mol. The lowest BCUT2D eigenvalue weighted by molar-refractivity contribution is -0.108. The van der Waals surface area contributed by atoms with Crippen molar-refractivity contribution in [3.05, 3.63) is 77.9 Å². The highest BCUT2D eigenvalue weighted by atomic mass is 16.5. The lowest BCUT2D eigenvalue weighted by Crippen LogP contribution is -2.27. The minimum Gasteiger partial charge on any atom is -0.478 e. The average molecular weight is 446 g/mol. The highest BCUT2D eigenvalue weighted by Gasteiger charge is 2.18. The quantitative estimate of drug-likeness (QED) is 0.336. The number of aromatic nitrogens is 3. The molecule has 0 spiro atoms. The van der Waals surface area contributed by atoms with Crippen molar-refractivity contribution in [3.8, 4) is 5.88 Å². The van der Waals surface area contributed by atoms with Crippen molar-refractivity contribution in [1.82, 2.24) is 19.9 Å². The number of hydrogen-bond acceptors (Lipinski definition) is 7. The largest absolute Gasteiger partial charge is 0.478 e. The Morgan fingerprint density at radius 2 is 1.94 bits per heavy atom. The van der Waals surface area contributed by atoms with Crippen LogP contribution in [0, 0.1) is 0 Å². The van der Waals surface area contributed by atoms with Crippen LogP contribution >= 0.6 is 0 Å². The third-order valence-corrected chi connectivity index (χ3v) is 5.88. The molecule has 1 aliphatic rings. The molecule has 0 bridgehead atoms. The van der Waals surface area contributed by atoms with E-state index in [1.165, 1.54) is 11.1 Å². The molecule has 0 amide bonds. The minimum absolute atomic E-state index is 0.154. The summed E-state index contributed by atoms with van der Waals surface area (Å²) in [6.45, 7) is 3.49. The van der Waals surface area contributed by atoms with Gasteiger partial charge in [-0.1, -0.05) is 6.07 Å². The highest BCUT2D eigenvalue weighted by Crippen LogP contribution is 2.25. The van der Waals surface area contributed by atoms with Gasteiger partial charge in [-0.25, -0.2) is 0 Å². The van der Waals surface area contributed by atoms with Crippen LogP contribution in [0.3, 0.4) is 0 Å². The van der Waals surface area contributed by atoms with E-state index in [9.17, 15) is 4.79 Å². The van der Waals surface area contributed by atoms with Gasteiger partial charge in [0.25, 0.3) is 0 Å². The molecule has 0 radical (unpaired) electrons. The second kappa shape index (κ2) is 12.1. The first-order chi connectivity index (χ1) is 16.3. The van der Waals surface area contributed by atoms with Gasteiger partial charge >= 0.3 is 0 Å². The van der Waals surface area contributed by atoms with Gasteiger partial charge in [-0.05, 0) is 79.6 Å². The smallest absolute Gasteiger partial charge is 0.215 e. The van der Waals surface area contributed by atoms with Gasteiger partial charge in [-0.3, -0.25) is 14.9 Å². The summed E-state index contributed by atoms with van der Waals surface area (Å²) >= 11 is 0. The number of carbonyl (C=O) groups excluding carboxylic acids is 1. The van der Waals surface area contributed by atoms with Crippen molar-refractivity contribution in [1.29, 1.82) is 0 Å². The summed E-state index contributed by atoms with van der Waals surface area (Å²) in [5.41, 5.74) is 3.66. The van der Waals surface area contributed by atoms with Crippen LogP contribution in [0.5, 0.6) is 5.88 Å². The van der Waals surface area contributed by atoms with Crippen molar-refractivity contribution in [2.75, 3.05) is 25.0 Å². The van der Waals surface area contributed by atoms with Crippen LogP contribution in [0.15, 0.2) is 61.2 Å². The van der Waals surface area contributed by atoms with Gasteiger partial charge in [0, 0.05) is 43.9 Å². The third kappa shape index (κ3) is 7.08. The molecule has 3 aromatic heterocycles. The summed E-state index contributed by atoms with van der Waals surface area (Å²) in [7, 11) is 0. The van der Waals surface area contributed by atoms with Crippen LogP contribution < -0.4 is 10.1 Å². The molecule has 4 heterocycles. The number of nitrogens with one attached hydrogen (secondary N) is 1. The van der Waals surface area contributed by atoms with Crippen LogP contribution in [-0.4, -0.2) is 51.9 Å². The van der Waals surface area contributed by atoms with Gasteiger partial charge in [0.15, 0.2) is 0 Å².